The first-order chi connectivity index (χ1) is 13.0. The highest BCUT2D eigenvalue weighted by molar-refractivity contribution is 5.97. The molecule has 2 amide bonds. The summed E-state index contributed by atoms with van der Waals surface area (Å²) in [6.45, 7) is 2.09. The van der Waals surface area contributed by atoms with Crippen molar-refractivity contribution in [3.8, 4) is 0 Å². The highest BCUT2D eigenvalue weighted by atomic mass is 16.5. The molecule has 6 nitrogen and oxygen atoms in total. The maximum Gasteiger partial charge on any atom is 0.307 e. The topological polar surface area (TPSA) is 84.5 Å². The van der Waals surface area contributed by atoms with E-state index in [2.05, 4.69) is 15.4 Å². The molecule has 142 valence electrons. The number of carbonyl (C=O) groups excluding carboxylic acids is 3. The van der Waals surface area contributed by atoms with Crippen LogP contribution in [0, 0.1) is 6.92 Å². The van der Waals surface area contributed by atoms with Gasteiger partial charge in [0.05, 0.1) is 13.5 Å². The van der Waals surface area contributed by atoms with Gasteiger partial charge in [-0.2, -0.15) is 0 Å². The molecule has 0 heterocycles. The summed E-state index contributed by atoms with van der Waals surface area (Å²) in [4.78, 5) is 36.3. The van der Waals surface area contributed by atoms with Gasteiger partial charge in [-0.25, -0.2) is 0 Å². The normalized spacial score (nSPS) is 11.3. The van der Waals surface area contributed by atoms with Gasteiger partial charge >= 0.3 is 5.97 Å². The molecule has 0 spiro atoms. The Morgan fingerprint density at radius 3 is 2.30 bits per heavy atom. The van der Waals surface area contributed by atoms with Gasteiger partial charge in [-0.05, 0) is 24.6 Å². The number of ether oxygens (including phenoxy) is 1. The molecule has 0 saturated heterocycles. The molecule has 2 rings (SSSR count). The number of amides is 2. The van der Waals surface area contributed by atoms with E-state index in [1.165, 1.54) is 7.11 Å². The summed E-state index contributed by atoms with van der Waals surface area (Å²) in [5.74, 6) is -1.07. The molecular weight excluding hydrogens is 344 g/mol. The van der Waals surface area contributed by atoms with Crippen molar-refractivity contribution >= 4 is 17.8 Å². The zero-order valence-corrected chi connectivity index (χ0v) is 15.5. The number of esters is 1. The minimum Gasteiger partial charge on any atom is -0.469 e. The molecule has 0 aliphatic rings. The number of hydrogen-bond donors (Lipinski definition) is 2. The average Bonchev–Trinajstić information content (AvgIpc) is 2.68. The van der Waals surface area contributed by atoms with Crippen LogP contribution in [0.1, 0.15) is 27.9 Å². The van der Waals surface area contributed by atoms with E-state index in [0.29, 0.717) is 12.0 Å². The van der Waals surface area contributed by atoms with E-state index < -0.39 is 12.0 Å². The Morgan fingerprint density at radius 1 is 1.00 bits per heavy atom. The SMILES string of the molecule is COC(=O)CCNC(=O)[C@@H](Cc1ccccc1)NC(=O)c1ccc(C)cc1. The highest BCUT2D eigenvalue weighted by Gasteiger charge is 2.22. The molecule has 0 unspecified atom stereocenters. The molecule has 2 aromatic rings. The minimum absolute atomic E-state index is 0.0756. The third-order valence-corrected chi connectivity index (χ3v) is 4.07. The molecule has 0 radical (unpaired) electrons. The van der Waals surface area contributed by atoms with E-state index in [1.807, 2.05) is 49.4 Å². The van der Waals surface area contributed by atoms with Gasteiger partial charge in [0, 0.05) is 18.5 Å². The Labute approximate surface area is 158 Å². The molecule has 0 bridgehead atoms. The lowest BCUT2D eigenvalue weighted by Gasteiger charge is -2.19. The quantitative estimate of drug-likeness (QED) is 0.698. The summed E-state index contributed by atoms with van der Waals surface area (Å²) in [7, 11) is 1.30. The van der Waals surface area contributed by atoms with E-state index in [0.717, 1.165) is 11.1 Å². The van der Waals surface area contributed by atoms with Crippen molar-refractivity contribution in [3.63, 3.8) is 0 Å². The van der Waals surface area contributed by atoms with Crippen molar-refractivity contribution in [3.05, 3.63) is 71.3 Å². The van der Waals surface area contributed by atoms with Crippen LogP contribution in [0.15, 0.2) is 54.6 Å². The summed E-state index contributed by atoms with van der Waals surface area (Å²) in [5.41, 5.74) is 2.46. The van der Waals surface area contributed by atoms with Crippen LogP contribution in [0.3, 0.4) is 0 Å². The molecule has 0 saturated carbocycles. The molecule has 0 fully saturated rings. The second-order valence-electron chi connectivity index (χ2n) is 6.20. The Bertz CT molecular complexity index is 773. The van der Waals surface area contributed by atoms with Gasteiger partial charge in [0.15, 0.2) is 0 Å². The molecule has 1 atom stereocenters. The summed E-state index contributed by atoms with van der Waals surface area (Å²) in [6.07, 6.45) is 0.425. The van der Waals surface area contributed by atoms with Gasteiger partial charge < -0.3 is 15.4 Å². The fraction of sp³-hybridized carbons (Fsp3) is 0.286. The Morgan fingerprint density at radius 2 is 1.67 bits per heavy atom. The number of methoxy groups -OCH3 is 1. The fourth-order valence-electron chi connectivity index (χ4n) is 2.52. The van der Waals surface area contributed by atoms with Crippen molar-refractivity contribution < 1.29 is 19.1 Å². The van der Waals surface area contributed by atoms with Crippen molar-refractivity contribution in [1.29, 1.82) is 0 Å². The summed E-state index contributed by atoms with van der Waals surface area (Å²) < 4.78 is 4.56. The predicted molar refractivity (Wildman–Crippen MR) is 102 cm³/mol. The Balaban J connectivity index is 2.06. The zero-order chi connectivity index (χ0) is 19.6. The van der Waals surface area contributed by atoms with Crippen LogP contribution in [0.5, 0.6) is 0 Å². The van der Waals surface area contributed by atoms with E-state index in [9.17, 15) is 14.4 Å². The monoisotopic (exact) mass is 368 g/mol. The summed E-state index contributed by atoms with van der Waals surface area (Å²) in [5, 5.41) is 5.47. The van der Waals surface area contributed by atoms with Gasteiger partial charge in [0.2, 0.25) is 5.91 Å². The predicted octanol–water partition coefficient (Wildman–Crippen LogP) is 2.02. The number of benzene rings is 2. The molecule has 0 aliphatic carbocycles. The minimum atomic E-state index is -0.751. The first-order valence-corrected chi connectivity index (χ1v) is 8.75. The molecule has 2 aromatic carbocycles. The van der Waals surface area contributed by atoms with Gasteiger partial charge in [-0.15, -0.1) is 0 Å². The maximum absolute atomic E-state index is 12.6. The van der Waals surface area contributed by atoms with E-state index in [-0.39, 0.29) is 24.8 Å². The first-order valence-electron chi connectivity index (χ1n) is 8.75. The molecular formula is C21H24N2O4. The average molecular weight is 368 g/mol. The van der Waals surface area contributed by atoms with Crippen LogP contribution in [0.2, 0.25) is 0 Å². The smallest absolute Gasteiger partial charge is 0.307 e. The van der Waals surface area contributed by atoms with Crippen molar-refractivity contribution in [1.82, 2.24) is 10.6 Å². The molecule has 27 heavy (non-hydrogen) atoms. The number of hydrogen-bond acceptors (Lipinski definition) is 4. The first kappa shape index (κ1) is 20.2. The van der Waals surface area contributed by atoms with Crippen LogP contribution in [-0.4, -0.2) is 37.5 Å². The van der Waals surface area contributed by atoms with Crippen LogP contribution in [0.4, 0.5) is 0 Å². The standard InChI is InChI=1S/C21H24N2O4/c1-15-8-10-17(11-9-15)20(25)23-18(14-16-6-4-3-5-7-16)21(26)22-13-12-19(24)27-2/h3-11,18H,12-14H2,1-2H3,(H,22,26)(H,23,25)/t18-/m1/s1. The third kappa shape index (κ3) is 6.58. The molecule has 2 N–H and O–H groups in total. The van der Waals surface area contributed by atoms with Gasteiger partial charge in [0.1, 0.15) is 6.04 Å². The highest BCUT2D eigenvalue weighted by Crippen LogP contribution is 2.07. The number of carbonyl (C=O) groups is 3. The fourth-order valence-corrected chi connectivity index (χ4v) is 2.52. The van der Waals surface area contributed by atoms with Crippen molar-refractivity contribution in [2.24, 2.45) is 0 Å². The van der Waals surface area contributed by atoms with Crippen molar-refractivity contribution in [2.45, 2.75) is 25.8 Å². The number of rotatable bonds is 8. The molecule has 0 aliphatic heterocycles. The van der Waals surface area contributed by atoms with E-state index in [1.54, 1.807) is 12.1 Å². The number of nitrogens with one attached hydrogen (secondary N) is 2. The van der Waals surface area contributed by atoms with Crippen molar-refractivity contribution in [2.75, 3.05) is 13.7 Å². The lowest BCUT2D eigenvalue weighted by atomic mass is 10.0. The van der Waals surface area contributed by atoms with Gasteiger partial charge in [0.25, 0.3) is 5.91 Å². The van der Waals surface area contributed by atoms with Crippen LogP contribution >= 0.6 is 0 Å². The van der Waals surface area contributed by atoms with Gasteiger partial charge in [-0.3, -0.25) is 14.4 Å². The maximum atomic E-state index is 12.6. The molecule has 6 heteroatoms. The summed E-state index contributed by atoms with van der Waals surface area (Å²) in [6, 6.07) is 15.8. The largest absolute Gasteiger partial charge is 0.469 e. The van der Waals surface area contributed by atoms with E-state index >= 15 is 0 Å². The number of aryl methyl sites for hydroxylation is 1. The third-order valence-electron chi connectivity index (χ3n) is 4.07. The van der Waals surface area contributed by atoms with E-state index in [4.69, 9.17) is 0 Å². The zero-order valence-electron chi connectivity index (χ0n) is 15.5. The Kier molecular flexibility index (Phi) is 7.55. The second-order valence-corrected chi connectivity index (χ2v) is 6.20. The second kappa shape index (κ2) is 10.1. The van der Waals surface area contributed by atoms with Crippen LogP contribution in [-0.2, 0) is 20.7 Å². The van der Waals surface area contributed by atoms with Gasteiger partial charge in [-0.1, -0.05) is 48.0 Å². The Hall–Kier alpha value is -3.15. The molecule has 0 aromatic heterocycles. The lowest BCUT2D eigenvalue weighted by molar-refractivity contribution is -0.140. The van der Waals surface area contributed by atoms with Crippen LogP contribution in [0.25, 0.3) is 0 Å². The van der Waals surface area contributed by atoms with Crippen LogP contribution < -0.4 is 10.6 Å². The lowest BCUT2D eigenvalue weighted by Crippen LogP contribution is -2.48. The summed E-state index contributed by atoms with van der Waals surface area (Å²) >= 11 is 0.